The highest BCUT2D eigenvalue weighted by atomic mass is 35.5. The van der Waals surface area contributed by atoms with Crippen molar-refractivity contribution in [2.24, 2.45) is 0 Å². The third-order valence-electron chi connectivity index (χ3n) is 6.98. The number of carbonyl (C=O) groups excluding carboxylic acids is 1. The molecule has 1 aromatic carbocycles. The number of aromatic nitrogens is 4. The number of fused-ring (bicyclic) bond motifs is 2. The molecule has 6 rings (SSSR count). The van der Waals surface area contributed by atoms with E-state index < -0.39 is 0 Å². The Morgan fingerprint density at radius 3 is 3.05 bits per heavy atom. The number of nitrogens with one attached hydrogen (secondary N) is 1. The Kier molecular flexibility index (Phi) is 7.22. The zero-order valence-electron chi connectivity index (χ0n) is 22.1. The molecule has 40 heavy (non-hydrogen) atoms. The number of hydrogen-bond acceptors (Lipinski definition) is 10. The monoisotopic (exact) mass is 580 g/mol. The maximum Gasteiger partial charge on any atom is 0.265 e. The summed E-state index contributed by atoms with van der Waals surface area (Å²) in [5.74, 6) is 0.712. The number of piperidine rings is 1. The van der Waals surface area contributed by atoms with Gasteiger partial charge in [0.1, 0.15) is 29.1 Å². The maximum absolute atomic E-state index is 13.3. The topological polar surface area (TPSA) is 127 Å². The zero-order chi connectivity index (χ0) is 27.8. The van der Waals surface area contributed by atoms with Crippen LogP contribution in [0.2, 0.25) is 4.34 Å². The Morgan fingerprint density at radius 1 is 1.32 bits per heavy atom. The quantitative estimate of drug-likeness (QED) is 0.278. The van der Waals surface area contributed by atoms with Crippen LogP contribution in [-0.4, -0.2) is 76.9 Å². The van der Waals surface area contributed by atoms with E-state index in [1.54, 1.807) is 12.3 Å². The largest absolute Gasteiger partial charge is 0.490 e. The van der Waals surface area contributed by atoms with Crippen molar-refractivity contribution in [3.8, 4) is 17.0 Å². The van der Waals surface area contributed by atoms with E-state index in [2.05, 4.69) is 31.5 Å². The van der Waals surface area contributed by atoms with E-state index in [1.807, 2.05) is 41.7 Å². The van der Waals surface area contributed by atoms with Crippen LogP contribution in [0.1, 0.15) is 22.5 Å². The van der Waals surface area contributed by atoms with E-state index in [-0.39, 0.29) is 11.9 Å². The minimum absolute atomic E-state index is 0.0773. The van der Waals surface area contributed by atoms with E-state index in [4.69, 9.17) is 26.6 Å². The van der Waals surface area contributed by atoms with Gasteiger partial charge in [-0.25, -0.2) is 9.50 Å². The average molecular weight is 581 g/mol. The van der Waals surface area contributed by atoms with Crippen LogP contribution in [0, 0.1) is 0 Å². The van der Waals surface area contributed by atoms with Crippen LogP contribution in [0.5, 0.6) is 5.75 Å². The van der Waals surface area contributed by atoms with Gasteiger partial charge in [-0.15, -0.1) is 11.3 Å². The maximum atomic E-state index is 13.3. The predicted molar refractivity (Wildman–Crippen MR) is 156 cm³/mol. The van der Waals surface area contributed by atoms with Crippen molar-refractivity contribution in [3.05, 3.63) is 52.1 Å². The van der Waals surface area contributed by atoms with Gasteiger partial charge in [-0.2, -0.15) is 5.10 Å². The van der Waals surface area contributed by atoms with Gasteiger partial charge in [-0.05, 0) is 45.1 Å². The van der Waals surface area contributed by atoms with Gasteiger partial charge in [0.2, 0.25) is 0 Å². The number of halogens is 1. The molecule has 11 nitrogen and oxygen atoms in total. The molecular weight excluding hydrogens is 552 g/mol. The Morgan fingerprint density at radius 2 is 2.20 bits per heavy atom. The smallest absolute Gasteiger partial charge is 0.265 e. The molecule has 1 atom stereocenters. The SMILES string of the molecule is CN(C)CCOc1cc(Cl)sc1C(=O)N[C@@H]1CCCN(c2cc(-c3ccc4cnoc4c3)n3ncnc(N)c23)C1. The molecule has 1 amide bonds. The molecule has 1 aliphatic heterocycles. The molecule has 0 bridgehead atoms. The number of rotatable bonds is 8. The normalized spacial score (nSPS) is 15.8. The molecule has 0 unspecified atom stereocenters. The highest BCUT2D eigenvalue weighted by Crippen LogP contribution is 2.37. The molecule has 0 spiro atoms. The highest BCUT2D eigenvalue weighted by molar-refractivity contribution is 7.18. The number of anilines is 2. The number of hydrogen-bond donors (Lipinski definition) is 2. The number of carbonyl (C=O) groups is 1. The van der Waals surface area contributed by atoms with Crippen molar-refractivity contribution in [2.45, 2.75) is 18.9 Å². The lowest BCUT2D eigenvalue weighted by molar-refractivity contribution is 0.0933. The van der Waals surface area contributed by atoms with Crippen molar-refractivity contribution >= 4 is 56.8 Å². The van der Waals surface area contributed by atoms with E-state index in [1.165, 1.54) is 17.7 Å². The van der Waals surface area contributed by atoms with Crippen molar-refractivity contribution < 1.29 is 14.1 Å². The van der Waals surface area contributed by atoms with Crippen LogP contribution in [0.3, 0.4) is 0 Å². The van der Waals surface area contributed by atoms with Gasteiger partial charge in [-0.3, -0.25) is 4.79 Å². The summed E-state index contributed by atoms with van der Waals surface area (Å²) in [6.45, 7) is 2.62. The number of likely N-dealkylation sites (N-methyl/N-ethyl adjacent to an activating group) is 1. The predicted octanol–water partition coefficient (Wildman–Crippen LogP) is 4.17. The van der Waals surface area contributed by atoms with Gasteiger partial charge in [-0.1, -0.05) is 22.8 Å². The molecule has 5 aromatic rings. The van der Waals surface area contributed by atoms with E-state index >= 15 is 0 Å². The molecule has 4 aromatic heterocycles. The summed E-state index contributed by atoms with van der Waals surface area (Å²) in [5.41, 5.74) is 10.5. The van der Waals surface area contributed by atoms with Crippen LogP contribution < -0.4 is 20.7 Å². The molecule has 0 radical (unpaired) electrons. The van der Waals surface area contributed by atoms with Crippen molar-refractivity contribution in [1.29, 1.82) is 0 Å². The average Bonchev–Trinajstić information content (AvgIpc) is 3.65. The lowest BCUT2D eigenvalue weighted by atomic mass is 10.0. The molecule has 0 aliphatic carbocycles. The second kappa shape index (κ2) is 11.0. The van der Waals surface area contributed by atoms with Crippen LogP contribution in [-0.2, 0) is 0 Å². The Labute approximate surface area is 239 Å². The summed E-state index contributed by atoms with van der Waals surface area (Å²) in [6.07, 6.45) is 4.88. The lowest BCUT2D eigenvalue weighted by Gasteiger charge is -2.34. The van der Waals surface area contributed by atoms with Crippen LogP contribution in [0.15, 0.2) is 47.4 Å². The first-order valence-corrected chi connectivity index (χ1v) is 14.2. The summed E-state index contributed by atoms with van der Waals surface area (Å²) in [5, 5.41) is 12.5. The molecule has 1 fully saturated rings. The number of nitrogen functional groups attached to an aromatic ring is 1. The van der Waals surface area contributed by atoms with Gasteiger partial charge in [0, 0.05) is 42.7 Å². The number of nitrogens with zero attached hydrogens (tertiary/aromatic N) is 6. The lowest BCUT2D eigenvalue weighted by Crippen LogP contribution is -2.47. The van der Waals surface area contributed by atoms with Gasteiger partial charge >= 0.3 is 0 Å². The summed E-state index contributed by atoms with van der Waals surface area (Å²) in [7, 11) is 3.94. The molecule has 1 aliphatic rings. The number of nitrogens with two attached hydrogens (primary N) is 1. The van der Waals surface area contributed by atoms with Crippen LogP contribution in [0.25, 0.3) is 27.7 Å². The second-order valence-electron chi connectivity index (χ2n) is 10.1. The second-order valence-corrected chi connectivity index (χ2v) is 11.7. The van der Waals surface area contributed by atoms with E-state index in [0.29, 0.717) is 39.5 Å². The van der Waals surface area contributed by atoms with E-state index in [0.717, 1.165) is 53.8 Å². The van der Waals surface area contributed by atoms with Crippen molar-refractivity contribution in [3.63, 3.8) is 0 Å². The fraction of sp³-hybridized carbons (Fsp3) is 0.333. The van der Waals surface area contributed by atoms with Gasteiger partial charge in [0.25, 0.3) is 5.91 Å². The van der Waals surface area contributed by atoms with E-state index in [9.17, 15) is 4.79 Å². The molecule has 208 valence electrons. The standard InChI is InChI=1S/C27H29ClN8O3S/c1-34(2)8-9-38-22-12-23(28)40-25(22)27(37)33-18-4-3-7-35(14-18)20-11-19(36-24(20)26(29)30-15-31-36)16-5-6-17-13-32-39-21(17)10-16/h5-6,10-13,15,18H,3-4,7-9,14H2,1-2H3,(H,33,37)(H2,29,30,31)/t18-/m1/s1. The molecular formula is C27H29ClN8O3S. The fourth-order valence-corrected chi connectivity index (χ4v) is 6.09. The third kappa shape index (κ3) is 5.17. The summed E-state index contributed by atoms with van der Waals surface area (Å²) >= 11 is 7.48. The number of ether oxygens (including phenoxy) is 1. The minimum atomic E-state index is -0.186. The highest BCUT2D eigenvalue weighted by Gasteiger charge is 2.28. The van der Waals surface area contributed by atoms with Gasteiger partial charge in [0.15, 0.2) is 11.4 Å². The van der Waals surface area contributed by atoms with Crippen molar-refractivity contribution in [1.82, 2.24) is 30.0 Å². The number of thiophene rings is 1. The molecule has 3 N–H and O–H groups in total. The van der Waals surface area contributed by atoms with Crippen molar-refractivity contribution in [2.75, 3.05) is 51.0 Å². The fourth-order valence-electron chi connectivity index (χ4n) is 5.03. The molecule has 0 saturated carbocycles. The van der Waals surface area contributed by atoms with Gasteiger partial charge < -0.3 is 30.1 Å². The third-order valence-corrected chi connectivity index (χ3v) is 8.23. The Bertz CT molecular complexity index is 1680. The zero-order valence-corrected chi connectivity index (χ0v) is 23.7. The Hall–Kier alpha value is -3.87. The van der Waals surface area contributed by atoms with Gasteiger partial charge in [0.05, 0.1) is 21.9 Å². The first-order chi connectivity index (χ1) is 19.4. The van der Waals surface area contributed by atoms with Crippen LogP contribution >= 0.6 is 22.9 Å². The summed E-state index contributed by atoms with van der Waals surface area (Å²) in [4.78, 5) is 22.3. The first-order valence-electron chi connectivity index (χ1n) is 13.0. The Balaban J connectivity index is 1.25. The van der Waals surface area contributed by atoms with Crippen LogP contribution in [0.4, 0.5) is 11.5 Å². The number of amides is 1. The minimum Gasteiger partial charge on any atom is -0.490 e. The summed E-state index contributed by atoms with van der Waals surface area (Å²) in [6, 6.07) is 9.61. The molecule has 13 heteroatoms. The summed E-state index contributed by atoms with van der Waals surface area (Å²) < 4.78 is 13.6. The molecule has 1 saturated heterocycles. The molecule has 5 heterocycles. The first kappa shape index (κ1) is 26.4. The number of benzene rings is 1.